The molecule has 3 heterocycles. The van der Waals surface area contributed by atoms with Gasteiger partial charge in [0.15, 0.2) is 0 Å². The Hall–Kier alpha value is -1.78. The number of fused-ring (bicyclic) bond motifs is 1. The van der Waals surface area contributed by atoms with Crippen LogP contribution in [0.5, 0.6) is 0 Å². The summed E-state index contributed by atoms with van der Waals surface area (Å²) in [5, 5.41) is 10.3. The Bertz CT molecular complexity index is 721. The molecule has 4 rings (SSSR count). The molecule has 1 atom stereocenters. The van der Waals surface area contributed by atoms with E-state index in [1.807, 2.05) is 18.5 Å². The van der Waals surface area contributed by atoms with Gasteiger partial charge in [-0.2, -0.15) is 0 Å². The molecule has 1 N–H and O–H groups in total. The Labute approximate surface area is 141 Å². The first-order valence-corrected chi connectivity index (χ1v) is 8.47. The Morgan fingerprint density at radius 2 is 1.96 bits per heavy atom. The van der Waals surface area contributed by atoms with Gasteiger partial charge in [-0.05, 0) is 42.2 Å². The lowest BCUT2D eigenvalue weighted by molar-refractivity contribution is 0.266. The third-order valence-electron chi connectivity index (χ3n) is 4.88. The van der Waals surface area contributed by atoms with Gasteiger partial charge in [0.2, 0.25) is 0 Å². The van der Waals surface area contributed by atoms with E-state index < -0.39 is 0 Å². The predicted octanol–water partition coefficient (Wildman–Crippen LogP) is 3.22. The summed E-state index contributed by atoms with van der Waals surface area (Å²) in [5.41, 5.74) is 4.85. The molecule has 0 saturated carbocycles. The number of aliphatic hydroxyl groups is 1. The molecule has 0 radical (unpaired) electrons. The highest BCUT2D eigenvalue weighted by Crippen LogP contribution is 2.33. The fourth-order valence-electron chi connectivity index (χ4n) is 3.66. The Kier molecular flexibility index (Phi) is 3.87. The van der Waals surface area contributed by atoms with Gasteiger partial charge >= 0.3 is 0 Å². The van der Waals surface area contributed by atoms with Gasteiger partial charge < -0.3 is 14.9 Å². The van der Waals surface area contributed by atoms with Gasteiger partial charge in [0, 0.05) is 24.7 Å². The van der Waals surface area contributed by atoms with E-state index in [4.69, 9.17) is 11.6 Å². The molecule has 0 spiro atoms. The normalized spacial score (nSPS) is 20.2. The quantitative estimate of drug-likeness (QED) is 0.938. The Morgan fingerprint density at radius 3 is 2.83 bits per heavy atom. The van der Waals surface area contributed by atoms with Crippen molar-refractivity contribution in [3.63, 3.8) is 0 Å². The lowest BCUT2D eigenvalue weighted by atomic mass is 10.1. The van der Waals surface area contributed by atoms with Crippen molar-refractivity contribution in [2.45, 2.75) is 32.0 Å². The van der Waals surface area contributed by atoms with Crippen LogP contribution in [0.3, 0.4) is 0 Å². The molecule has 0 amide bonds. The summed E-state index contributed by atoms with van der Waals surface area (Å²) in [6, 6.07) is 8.53. The molecular weight excluding hydrogens is 310 g/mol. The summed E-state index contributed by atoms with van der Waals surface area (Å²) >= 11 is 6.10. The van der Waals surface area contributed by atoms with E-state index in [1.54, 1.807) is 0 Å². The molecule has 5 heteroatoms. The summed E-state index contributed by atoms with van der Waals surface area (Å²) in [7, 11) is 0. The molecule has 4 nitrogen and oxygen atoms in total. The monoisotopic (exact) mass is 329 g/mol. The van der Waals surface area contributed by atoms with Crippen LogP contribution in [0.2, 0.25) is 5.02 Å². The largest absolute Gasteiger partial charge is 0.394 e. The van der Waals surface area contributed by atoms with Crippen LogP contribution in [0.25, 0.3) is 0 Å². The number of halogens is 1. The van der Waals surface area contributed by atoms with Crippen LogP contribution in [0.1, 0.15) is 24.0 Å². The molecule has 1 aromatic carbocycles. The van der Waals surface area contributed by atoms with E-state index in [0.29, 0.717) is 0 Å². The van der Waals surface area contributed by atoms with E-state index in [0.717, 1.165) is 48.9 Å². The number of rotatable bonds is 3. The molecular formula is C18H20ClN3O. The second-order valence-electron chi connectivity index (χ2n) is 6.34. The summed E-state index contributed by atoms with van der Waals surface area (Å²) in [6.07, 6.45) is 6.00. The minimum atomic E-state index is 0.206. The fourth-order valence-corrected chi connectivity index (χ4v) is 3.85. The lowest BCUT2D eigenvalue weighted by Crippen LogP contribution is -2.32. The van der Waals surface area contributed by atoms with Crippen LogP contribution in [0.15, 0.2) is 36.7 Å². The second-order valence-corrected chi connectivity index (χ2v) is 6.78. The zero-order valence-corrected chi connectivity index (χ0v) is 13.7. The summed E-state index contributed by atoms with van der Waals surface area (Å²) in [6.45, 7) is 2.95. The predicted molar refractivity (Wildman–Crippen MR) is 93.0 cm³/mol. The van der Waals surface area contributed by atoms with Crippen LogP contribution in [0.4, 0.5) is 11.4 Å². The van der Waals surface area contributed by atoms with Gasteiger partial charge in [-0.15, -0.1) is 0 Å². The van der Waals surface area contributed by atoms with Gasteiger partial charge in [0.25, 0.3) is 0 Å². The molecule has 1 saturated heterocycles. The topological polar surface area (TPSA) is 39.6 Å². The average molecular weight is 330 g/mol. The molecule has 2 aromatic rings. The molecule has 120 valence electrons. The molecule has 23 heavy (non-hydrogen) atoms. The van der Waals surface area contributed by atoms with E-state index in [2.05, 4.69) is 33.0 Å². The number of hydrogen-bond donors (Lipinski definition) is 1. The van der Waals surface area contributed by atoms with Crippen molar-refractivity contribution < 1.29 is 5.11 Å². The highest BCUT2D eigenvalue weighted by Gasteiger charge is 2.25. The zero-order valence-electron chi connectivity index (χ0n) is 13.0. The van der Waals surface area contributed by atoms with Crippen molar-refractivity contribution in [2.24, 2.45) is 0 Å². The summed E-state index contributed by atoms with van der Waals surface area (Å²) in [5.74, 6) is 0. The van der Waals surface area contributed by atoms with Crippen LogP contribution in [0, 0.1) is 0 Å². The molecule has 2 aliphatic heterocycles. The summed E-state index contributed by atoms with van der Waals surface area (Å²) in [4.78, 5) is 9.03. The first-order chi connectivity index (χ1) is 11.2. The van der Waals surface area contributed by atoms with Crippen LogP contribution in [-0.2, 0) is 13.1 Å². The Balaban J connectivity index is 1.58. The molecule has 2 aliphatic rings. The number of pyridine rings is 1. The van der Waals surface area contributed by atoms with Gasteiger partial charge in [-0.1, -0.05) is 17.7 Å². The van der Waals surface area contributed by atoms with Crippen molar-refractivity contribution in [3.8, 4) is 0 Å². The number of aliphatic hydroxyl groups excluding tert-OH is 1. The smallest absolute Gasteiger partial charge is 0.0635 e. The van der Waals surface area contributed by atoms with Gasteiger partial charge in [0.05, 0.1) is 36.4 Å². The molecule has 1 fully saturated rings. The first kappa shape index (κ1) is 14.8. The van der Waals surface area contributed by atoms with Crippen molar-refractivity contribution in [2.75, 3.05) is 23.0 Å². The third-order valence-corrected chi connectivity index (χ3v) is 5.12. The van der Waals surface area contributed by atoms with E-state index in [9.17, 15) is 5.11 Å². The average Bonchev–Trinajstić information content (AvgIpc) is 3.21. The third kappa shape index (κ3) is 2.77. The number of hydrogen-bond acceptors (Lipinski definition) is 4. The SMILES string of the molecule is OC[C@@H]1CCCN1c1cncc(N2Cc3ccc(Cl)cc3C2)c1. The molecule has 0 bridgehead atoms. The summed E-state index contributed by atoms with van der Waals surface area (Å²) < 4.78 is 0. The van der Waals surface area contributed by atoms with Crippen molar-refractivity contribution in [1.29, 1.82) is 0 Å². The van der Waals surface area contributed by atoms with Gasteiger partial charge in [-0.3, -0.25) is 4.98 Å². The maximum absolute atomic E-state index is 9.54. The second kappa shape index (κ2) is 6.02. The number of aromatic nitrogens is 1. The number of benzene rings is 1. The van der Waals surface area contributed by atoms with Crippen LogP contribution >= 0.6 is 11.6 Å². The van der Waals surface area contributed by atoms with E-state index in [1.165, 1.54) is 11.1 Å². The zero-order chi connectivity index (χ0) is 15.8. The van der Waals surface area contributed by atoms with Crippen LogP contribution in [-0.4, -0.2) is 29.3 Å². The minimum absolute atomic E-state index is 0.206. The Morgan fingerprint density at radius 1 is 1.13 bits per heavy atom. The van der Waals surface area contributed by atoms with Gasteiger partial charge in [0.1, 0.15) is 0 Å². The number of anilines is 2. The van der Waals surface area contributed by atoms with Crippen LogP contribution < -0.4 is 9.80 Å². The number of nitrogens with zero attached hydrogens (tertiary/aromatic N) is 3. The minimum Gasteiger partial charge on any atom is -0.394 e. The van der Waals surface area contributed by atoms with Gasteiger partial charge in [-0.25, -0.2) is 0 Å². The molecule has 0 unspecified atom stereocenters. The maximum Gasteiger partial charge on any atom is 0.0635 e. The maximum atomic E-state index is 9.54. The lowest BCUT2D eigenvalue weighted by Gasteiger charge is -2.26. The van der Waals surface area contributed by atoms with Crippen molar-refractivity contribution >= 4 is 23.0 Å². The standard InChI is InChI=1S/C18H20ClN3O/c19-15-4-3-13-10-21(11-14(13)6-15)17-7-18(9-20-8-17)22-5-1-2-16(22)12-23/h3-4,6-9,16,23H,1-2,5,10-12H2/t16-/m0/s1. The first-order valence-electron chi connectivity index (χ1n) is 8.09. The van der Waals surface area contributed by atoms with Crippen molar-refractivity contribution in [1.82, 2.24) is 4.98 Å². The van der Waals surface area contributed by atoms with Crippen molar-refractivity contribution in [3.05, 3.63) is 52.8 Å². The van der Waals surface area contributed by atoms with E-state index in [-0.39, 0.29) is 12.6 Å². The van der Waals surface area contributed by atoms with E-state index >= 15 is 0 Å². The fraction of sp³-hybridized carbons (Fsp3) is 0.389. The highest BCUT2D eigenvalue weighted by atomic mass is 35.5. The molecule has 0 aliphatic carbocycles. The highest BCUT2D eigenvalue weighted by molar-refractivity contribution is 6.30. The molecule has 1 aromatic heterocycles.